The molecule has 1 amide bonds. The van der Waals surface area contributed by atoms with Crippen LogP contribution < -0.4 is 5.32 Å². The molecule has 0 saturated heterocycles. The van der Waals surface area contributed by atoms with Crippen LogP contribution in [0.5, 0.6) is 0 Å². The second-order valence-corrected chi connectivity index (χ2v) is 8.58. The lowest BCUT2D eigenvalue weighted by Gasteiger charge is -2.24. The number of aromatic nitrogens is 4. The lowest BCUT2D eigenvalue weighted by Crippen LogP contribution is -2.31. The number of hydrogen-bond acceptors (Lipinski definition) is 3. The summed E-state index contributed by atoms with van der Waals surface area (Å²) in [6.07, 6.45) is 6.39. The molecule has 0 bridgehead atoms. The summed E-state index contributed by atoms with van der Waals surface area (Å²) in [5.74, 6) is -0.0913. The maximum Gasteiger partial charge on any atom is 0.255 e. The predicted octanol–water partition coefficient (Wildman–Crippen LogP) is 4.01. The average molecular weight is 377 g/mol. The average Bonchev–Trinajstić information content (AvgIpc) is 3.28. The van der Waals surface area contributed by atoms with E-state index in [0.717, 1.165) is 36.2 Å². The molecule has 1 unspecified atom stereocenters. The number of carbonyl (C=O) groups is 1. The Hall–Kier alpha value is -2.89. The first-order chi connectivity index (χ1) is 13.3. The van der Waals surface area contributed by atoms with Crippen molar-refractivity contribution in [2.75, 3.05) is 0 Å². The molecule has 2 heterocycles. The van der Waals surface area contributed by atoms with Gasteiger partial charge in [0.1, 0.15) is 0 Å². The maximum atomic E-state index is 12.6. The number of benzene rings is 1. The van der Waals surface area contributed by atoms with Crippen LogP contribution in [0.2, 0.25) is 0 Å². The van der Waals surface area contributed by atoms with Crippen LogP contribution in [0.3, 0.4) is 0 Å². The highest BCUT2D eigenvalue weighted by atomic mass is 16.1. The number of rotatable bonds is 3. The highest BCUT2D eigenvalue weighted by molar-refractivity contribution is 5.95. The molecule has 1 aromatic carbocycles. The Bertz CT molecular complexity index is 991. The topological polar surface area (TPSA) is 75.6 Å². The Morgan fingerprint density at radius 3 is 2.61 bits per heavy atom. The predicted molar refractivity (Wildman–Crippen MR) is 109 cm³/mol. The fraction of sp³-hybridized carbons (Fsp3) is 0.409. The van der Waals surface area contributed by atoms with Crippen molar-refractivity contribution in [3.8, 4) is 5.69 Å². The lowest BCUT2D eigenvalue weighted by atomic mass is 9.87. The van der Waals surface area contributed by atoms with Crippen LogP contribution in [-0.4, -0.2) is 25.9 Å². The molecule has 1 atom stereocenters. The van der Waals surface area contributed by atoms with Gasteiger partial charge in [-0.3, -0.25) is 9.89 Å². The number of carbonyl (C=O) groups excluding carboxylic acids is 1. The summed E-state index contributed by atoms with van der Waals surface area (Å²) in [5.41, 5.74) is 6.16. The van der Waals surface area contributed by atoms with Crippen LogP contribution >= 0.6 is 0 Å². The van der Waals surface area contributed by atoms with Crippen molar-refractivity contribution < 1.29 is 4.79 Å². The van der Waals surface area contributed by atoms with Crippen molar-refractivity contribution >= 4 is 5.91 Å². The van der Waals surface area contributed by atoms with Gasteiger partial charge in [-0.1, -0.05) is 32.9 Å². The Kier molecular flexibility index (Phi) is 4.57. The van der Waals surface area contributed by atoms with E-state index < -0.39 is 0 Å². The number of amides is 1. The number of aromatic amines is 1. The van der Waals surface area contributed by atoms with Crippen molar-refractivity contribution in [1.82, 2.24) is 25.3 Å². The molecule has 1 aliphatic rings. The molecule has 6 nitrogen and oxygen atoms in total. The number of fused-ring (bicyclic) bond motifs is 1. The lowest BCUT2D eigenvalue weighted by molar-refractivity contribution is 0.0932. The highest BCUT2D eigenvalue weighted by Gasteiger charge is 2.27. The maximum absolute atomic E-state index is 12.6. The number of H-pyrrole nitrogens is 1. The molecule has 0 spiro atoms. The summed E-state index contributed by atoms with van der Waals surface area (Å²) in [4.78, 5) is 12.6. The first-order valence-corrected chi connectivity index (χ1v) is 9.83. The van der Waals surface area contributed by atoms with Gasteiger partial charge >= 0.3 is 0 Å². The van der Waals surface area contributed by atoms with Crippen molar-refractivity contribution in [3.63, 3.8) is 0 Å². The van der Waals surface area contributed by atoms with E-state index in [1.54, 1.807) is 6.20 Å². The normalized spacial score (nSPS) is 16.6. The standard InChI is InChI=1S/C22H27N5O/c1-14-17(12-23-26-14)21(28)25-19-6-5-7-20-18(19)13-24-27(20)16-10-8-15(9-11-16)22(2,3)4/h8-13,19H,5-7H2,1-4H3,(H,23,26)(H,25,28). The van der Waals surface area contributed by atoms with Gasteiger partial charge in [-0.2, -0.15) is 10.2 Å². The molecule has 3 aromatic rings. The van der Waals surface area contributed by atoms with Gasteiger partial charge in [-0.15, -0.1) is 0 Å². The Balaban J connectivity index is 1.59. The fourth-order valence-corrected chi connectivity index (χ4v) is 3.85. The van der Waals surface area contributed by atoms with Crippen LogP contribution in [0.25, 0.3) is 5.69 Å². The third kappa shape index (κ3) is 3.35. The van der Waals surface area contributed by atoms with Crippen molar-refractivity contribution in [3.05, 3.63) is 64.7 Å². The van der Waals surface area contributed by atoms with Crippen molar-refractivity contribution in [2.45, 2.75) is 58.4 Å². The zero-order chi connectivity index (χ0) is 19.9. The Morgan fingerprint density at radius 2 is 1.96 bits per heavy atom. The largest absolute Gasteiger partial charge is 0.345 e. The van der Waals surface area contributed by atoms with E-state index in [2.05, 4.69) is 65.6 Å². The summed E-state index contributed by atoms with van der Waals surface area (Å²) in [5, 5.41) is 14.6. The molecular weight excluding hydrogens is 350 g/mol. The quantitative estimate of drug-likeness (QED) is 0.724. The molecule has 4 rings (SSSR count). The van der Waals surface area contributed by atoms with Crippen molar-refractivity contribution in [1.29, 1.82) is 0 Å². The molecule has 0 saturated carbocycles. The van der Waals surface area contributed by atoms with Gasteiger partial charge in [-0.25, -0.2) is 4.68 Å². The van der Waals surface area contributed by atoms with E-state index in [1.165, 1.54) is 11.3 Å². The van der Waals surface area contributed by atoms with E-state index in [4.69, 9.17) is 0 Å². The van der Waals surface area contributed by atoms with Crippen LogP contribution in [0.1, 0.15) is 72.5 Å². The minimum absolute atomic E-state index is 0.0202. The molecular formula is C22H27N5O. The zero-order valence-electron chi connectivity index (χ0n) is 16.9. The Labute approximate surface area is 165 Å². The number of aryl methyl sites for hydroxylation is 1. The molecule has 1 aliphatic carbocycles. The number of hydrogen-bond donors (Lipinski definition) is 2. The molecule has 6 heteroatoms. The minimum atomic E-state index is -0.0913. The van der Waals surface area contributed by atoms with Gasteiger partial charge in [-0.05, 0) is 49.3 Å². The summed E-state index contributed by atoms with van der Waals surface area (Å²) < 4.78 is 2.02. The smallest absolute Gasteiger partial charge is 0.255 e. The first-order valence-electron chi connectivity index (χ1n) is 9.83. The third-order valence-corrected chi connectivity index (χ3v) is 5.54. The highest BCUT2D eigenvalue weighted by Crippen LogP contribution is 2.32. The van der Waals surface area contributed by atoms with Crippen LogP contribution in [0.15, 0.2) is 36.7 Å². The monoisotopic (exact) mass is 377 g/mol. The summed E-state index contributed by atoms with van der Waals surface area (Å²) in [6.45, 7) is 8.50. The molecule has 28 heavy (non-hydrogen) atoms. The van der Waals surface area contributed by atoms with Gasteiger partial charge in [0.05, 0.1) is 29.7 Å². The summed E-state index contributed by atoms with van der Waals surface area (Å²) >= 11 is 0. The Morgan fingerprint density at radius 1 is 1.21 bits per heavy atom. The molecule has 146 valence electrons. The van der Waals surface area contributed by atoms with E-state index in [0.29, 0.717) is 5.56 Å². The van der Waals surface area contributed by atoms with E-state index in [-0.39, 0.29) is 17.4 Å². The van der Waals surface area contributed by atoms with Gasteiger partial charge in [0.15, 0.2) is 0 Å². The van der Waals surface area contributed by atoms with Gasteiger partial charge in [0, 0.05) is 17.0 Å². The second kappa shape index (κ2) is 6.93. The first kappa shape index (κ1) is 18.5. The van der Waals surface area contributed by atoms with Gasteiger partial charge in [0.2, 0.25) is 0 Å². The minimum Gasteiger partial charge on any atom is -0.345 e. The molecule has 2 N–H and O–H groups in total. The van der Waals surface area contributed by atoms with E-state index in [9.17, 15) is 4.79 Å². The SMILES string of the molecule is Cc1[nH]ncc1C(=O)NC1CCCc2c1cnn2-c1ccc(C(C)(C)C)cc1. The number of nitrogens with zero attached hydrogens (tertiary/aromatic N) is 3. The fourth-order valence-electron chi connectivity index (χ4n) is 3.85. The van der Waals surface area contributed by atoms with E-state index in [1.807, 2.05) is 17.8 Å². The number of nitrogens with one attached hydrogen (secondary N) is 2. The van der Waals surface area contributed by atoms with Crippen LogP contribution in [-0.2, 0) is 11.8 Å². The van der Waals surface area contributed by atoms with Crippen LogP contribution in [0, 0.1) is 6.92 Å². The molecule has 2 aromatic heterocycles. The molecule has 0 aliphatic heterocycles. The molecule has 0 radical (unpaired) electrons. The third-order valence-electron chi connectivity index (χ3n) is 5.54. The van der Waals surface area contributed by atoms with Gasteiger partial charge in [0.25, 0.3) is 5.91 Å². The van der Waals surface area contributed by atoms with E-state index >= 15 is 0 Å². The van der Waals surface area contributed by atoms with Gasteiger partial charge < -0.3 is 5.32 Å². The second-order valence-electron chi connectivity index (χ2n) is 8.58. The molecule has 0 fully saturated rings. The van der Waals surface area contributed by atoms with Crippen molar-refractivity contribution in [2.24, 2.45) is 0 Å². The summed E-state index contributed by atoms with van der Waals surface area (Å²) in [6, 6.07) is 8.59. The summed E-state index contributed by atoms with van der Waals surface area (Å²) in [7, 11) is 0. The zero-order valence-corrected chi connectivity index (χ0v) is 16.9. The van der Waals surface area contributed by atoms with Crippen LogP contribution in [0.4, 0.5) is 0 Å².